The maximum Gasteiger partial charge on any atom is 0.131 e. The van der Waals surface area contributed by atoms with Crippen molar-refractivity contribution in [2.75, 3.05) is 0 Å². The molecule has 0 fully saturated rings. The summed E-state index contributed by atoms with van der Waals surface area (Å²) >= 11 is 0. The highest BCUT2D eigenvalue weighted by Gasteiger charge is 1.99. The zero-order chi connectivity index (χ0) is 10.4. The van der Waals surface area contributed by atoms with Gasteiger partial charge in [0.05, 0.1) is 11.6 Å². The quantitative estimate of drug-likeness (QED) is 0.684. The molecule has 0 aromatic heterocycles. The molecule has 0 unspecified atom stereocenters. The van der Waals surface area contributed by atoms with Gasteiger partial charge >= 0.3 is 0 Å². The van der Waals surface area contributed by atoms with E-state index in [4.69, 9.17) is 5.26 Å². The molecule has 0 bridgehead atoms. The van der Waals surface area contributed by atoms with Gasteiger partial charge in [0.25, 0.3) is 0 Å². The van der Waals surface area contributed by atoms with E-state index in [-0.39, 0.29) is 12.0 Å². The molecular formula is C11H8FNO. The minimum atomic E-state index is -0.453. The number of nitrogens with zero attached hydrogens (tertiary/aromatic N) is 1. The number of allylic oxidation sites excluding steroid dienone is 1. The zero-order valence-corrected chi connectivity index (χ0v) is 7.40. The minimum Gasteiger partial charge on any atom is -0.303 e. The maximum absolute atomic E-state index is 13.2. The Morgan fingerprint density at radius 2 is 2.29 bits per heavy atom. The van der Waals surface area contributed by atoms with E-state index in [1.807, 2.05) is 6.07 Å². The standard InChI is InChI=1S/C11H8FNO/c12-11-7-9(8-13)4-5-10(11)3-1-2-6-14/h1,3-7H,2H2. The Balaban J connectivity index is 2.90. The molecule has 0 saturated heterocycles. The first-order valence-electron chi connectivity index (χ1n) is 4.07. The second kappa shape index (κ2) is 4.93. The molecule has 3 heteroatoms. The van der Waals surface area contributed by atoms with Gasteiger partial charge in [0.15, 0.2) is 0 Å². The molecule has 0 amide bonds. The minimum absolute atomic E-state index is 0.263. The predicted molar refractivity (Wildman–Crippen MR) is 50.8 cm³/mol. The highest BCUT2D eigenvalue weighted by atomic mass is 19.1. The van der Waals surface area contributed by atoms with Crippen molar-refractivity contribution in [3.05, 3.63) is 41.2 Å². The number of carbonyl (C=O) groups excluding carboxylic acids is 1. The molecule has 0 spiro atoms. The molecule has 2 nitrogen and oxygen atoms in total. The van der Waals surface area contributed by atoms with Crippen molar-refractivity contribution in [3.63, 3.8) is 0 Å². The monoisotopic (exact) mass is 189 g/mol. The Morgan fingerprint density at radius 1 is 1.50 bits per heavy atom. The number of nitriles is 1. The van der Waals surface area contributed by atoms with Crippen molar-refractivity contribution in [2.24, 2.45) is 0 Å². The van der Waals surface area contributed by atoms with Crippen LogP contribution in [0.2, 0.25) is 0 Å². The van der Waals surface area contributed by atoms with Crippen LogP contribution >= 0.6 is 0 Å². The molecule has 0 radical (unpaired) electrons. The molecule has 0 aliphatic rings. The van der Waals surface area contributed by atoms with Crippen LogP contribution in [0.15, 0.2) is 24.3 Å². The van der Waals surface area contributed by atoms with Crippen LogP contribution in [0.3, 0.4) is 0 Å². The number of aldehydes is 1. The second-order valence-corrected chi connectivity index (χ2v) is 2.65. The first-order valence-corrected chi connectivity index (χ1v) is 4.07. The van der Waals surface area contributed by atoms with Crippen LogP contribution < -0.4 is 0 Å². The number of rotatable bonds is 3. The lowest BCUT2D eigenvalue weighted by molar-refractivity contribution is -0.107. The molecule has 14 heavy (non-hydrogen) atoms. The summed E-state index contributed by atoms with van der Waals surface area (Å²) in [6.07, 6.45) is 4.08. The number of hydrogen-bond acceptors (Lipinski definition) is 2. The van der Waals surface area contributed by atoms with Crippen LogP contribution in [0.5, 0.6) is 0 Å². The lowest BCUT2D eigenvalue weighted by Crippen LogP contribution is -1.83. The van der Waals surface area contributed by atoms with Crippen LogP contribution in [0, 0.1) is 17.1 Å². The lowest BCUT2D eigenvalue weighted by atomic mass is 10.1. The van der Waals surface area contributed by atoms with Gasteiger partial charge in [-0.15, -0.1) is 0 Å². The molecule has 1 aromatic carbocycles. The smallest absolute Gasteiger partial charge is 0.131 e. The third kappa shape index (κ3) is 2.53. The summed E-state index contributed by atoms with van der Waals surface area (Å²) in [5.41, 5.74) is 0.667. The molecule has 1 aromatic rings. The average Bonchev–Trinajstić information content (AvgIpc) is 2.20. The third-order valence-electron chi connectivity index (χ3n) is 1.66. The van der Waals surface area contributed by atoms with Gasteiger partial charge in [-0.05, 0) is 12.1 Å². The maximum atomic E-state index is 13.2. The Hall–Kier alpha value is -1.95. The molecule has 0 saturated carbocycles. The fourth-order valence-corrected chi connectivity index (χ4v) is 0.982. The van der Waals surface area contributed by atoms with Crippen LogP contribution in [-0.2, 0) is 4.79 Å². The van der Waals surface area contributed by atoms with Crippen molar-refractivity contribution in [3.8, 4) is 6.07 Å². The van der Waals surface area contributed by atoms with Gasteiger partial charge in [-0.2, -0.15) is 5.26 Å². The van der Waals surface area contributed by atoms with Crippen molar-refractivity contribution in [2.45, 2.75) is 6.42 Å². The fraction of sp³-hybridized carbons (Fsp3) is 0.0909. The summed E-state index contributed by atoms with van der Waals surface area (Å²) in [6.45, 7) is 0. The van der Waals surface area contributed by atoms with Gasteiger partial charge in [0.1, 0.15) is 12.1 Å². The summed E-state index contributed by atoms with van der Waals surface area (Å²) in [5.74, 6) is -0.453. The van der Waals surface area contributed by atoms with E-state index in [9.17, 15) is 9.18 Å². The molecule has 1 rings (SSSR count). The van der Waals surface area contributed by atoms with Gasteiger partial charge in [-0.3, -0.25) is 0 Å². The molecule has 70 valence electrons. The van der Waals surface area contributed by atoms with Crippen LogP contribution in [0.4, 0.5) is 4.39 Å². The Labute approximate surface area is 81.3 Å². The van der Waals surface area contributed by atoms with Gasteiger partial charge in [0, 0.05) is 12.0 Å². The topological polar surface area (TPSA) is 40.9 Å². The zero-order valence-electron chi connectivity index (χ0n) is 7.40. The molecule has 0 heterocycles. The third-order valence-corrected chi connectivity index (χ3v) is 1.66. The van der Waals surface area contributed by atoms with E-state index in [1.54, 1.807) is 6.08 Å². The van der Waals surface area contributed by atoms with Crippen LogP contribution in [0.25, 0.3) is 6.08 Å². The highest BCUT2D eigenvalue weighted by Crippen LogP contribution is 2.11. The number of halogens is 1. The summed E-state index contributed by atoms with van der Waals surface area (Å²) < 4.78 is 13.2. The van der Waals surface area contributed by atoms with Crippen LogP contribution in [-0.4, -0.2) is 6.29 Å². The lowest BCUT2D eigenvalue weighted by Gasteiger charge is -1.95. The number of hydrogen-bond donors (Lipinski definition) is 0. The van der Waals surface area contributed by atoms with Gasteiger partial charge in [-0.25, -0.2) is 4.39 Å². The summed E-state index contributed by atoms with van der Waals surface area (Å²) in [6, 6.07) is 6.05. The van der Waals surface area contributed by atoms with Crippen molar-refractivity contribution < 1.29 is 9.18 Å². The first-order chi connectivity index (χ1) is 6.77. The van der Waals surface area contributed by atoms with Crippen molar-refractivity contribution >= 4 is 12.4 Å². The van der Waals surface area contributed by atoms with E-state index in [1.165, 1.54) is 24.3 Å². The predicted octanol–water partition coefficient (Wildman–Crippen LogP) is 2.30. The molecular weight excluding hydrogens is 181 g/mol. The van der Waals surface area contributed by atoms with Crippen molar-refractivity contribution in [1.82, 2.24) is 0 Å². The largest absolute Gasteiger partial charge is 0.303 e. The van der Waals surface area contributed by atoms with E-state index in [0.717, 1.165) is 6.29 Å². The number of benzene rings is 1. The van der Waals surface area contributed by atoms with Gasteiger partial charge < -0.3 is 4.79 Å². The van der Waals surface area contributed by atoms with Gasteiger partial charge in [-0.1, -0.05) is 18.2 Å². The second-order valence-electron chi connectivity index (χ2n) is 2.65. The van der Waals surface area contributed by atoms with E-state index in [0.29, 0.717) is 5.56 Å². The summed E-state index contributed by atoms with van der Waals surface area (Å²) in [4.78, 5) is 9.99. The normalized spacial score (nSPS) is 10.0. The Kier molecular flexibility index (Phi) is 3.57. The first kappa shape index (κ1) is 10.1. The molecule has 0 aliphatic carbocycles. The summed E-state index contributed by atoms with van der Waals surface area (Å²) in [7, 11) is 0. The highest BCUT2D eigenvalue weighted by molar-refractivity contribution is 5.58. The van der Waals surface area contributed by atoms with E-state index < -0.39 is 5.82 Å². The molecule has 0 N–H and O–H groups in total. The summed E-state index contributed by atoms with van der Waals surface area (Å²) in [5, 5.41) is 8.49. The van der Waals surface area contributed by atoms with Crippen LogP contribution in [0.1, 0.15) is 17.5 Å². The van der Waals surface area contributed by atoms with E-state index in [2.05, 4.69) is 0 Å². The Morgan fingerprint density at radius 3 is 2.86 bits per heavy atom. The average molecular weight is 189 g/mol. The molecule has 0 atom stereocenters. The van der Waals surface area contributed by atoms with Gasteiger partial charge in [0.2, 0.25) is 0 Å². The molecule has 0 aliphatic heterocycles. The fourth-order valence-electron chi connectivity index (χ4n) is 0.982. The Bertz CT molecular complexity index is 404. The SMILES string of the molecule is N#Cc1ccc(C=CCC=O)c(F)c1. The van der Waals surface area contributed by atoms with Crippen molar-refractivity contribution in [1.29, 1.82) is 5.26 Å². The van der Waals surface area contributed by atoms with E-state index >= 15 is 0 Å². The number of carbonyl (C=O) groups is 1.